The third kappa shape index (κ3) is 2.61. The van der Waals surface area contributed by atoms with E-state index < -0.39 is 0 Å². The second kappa shape index (κ2) is 3.47. The molecule has 0 bridgehead atoms. The van der Waals surface area contributed by atoms with Crippen LogP contribution in [0.2, 0.25) is 0 Å². The van der Waals surface area contributed by atoms with Gasteiger partial charge in [-0.1, -0.05) is 6.92 Å². The minimum atomic E-state index is -0.105. The maximum Gasteiger partial charge on any atom is 0.222 e. The molecule has 0 N–H and O–H groups in total. The van der Waals surface area contributed by atoms with Crippen molar-refractivity contribution in [3.8, 4) is 0 Å². The zero-order valence-electron chi connectivity index (χ0n) is 5.48. The van der Waals surface area contributed by atoms with Crippen molar-refractivity contribution in [3.63, 3.8) is 0 Å². The molecule has 8 heavy (non-hydrogen) atoms. The molecule has 0 atom stereocenters. The molecule has 2 heteroatoms. The topological polar surface area (TPSA) is 20.3 Å². The molecule has 0 aromatic rings. The third-order valence-corrected chi connectivity index (χ3v) is 0.985. The zero-order chi connectivity index (χ0) is 6.57. The monoisotopic (exact) mass is 114 g/mol. The normalized spacial score (nSPS) is 8.88. The summed E-state index contributed by atoms with van der Waals surface area (Å²) in [5.41, 5.74) is 0. The molecular formula is C6H12NO. The Kier molecular flexibility index (Phi) is 3.24. The minimum absolute atomic E-state index is 0.105. The minimum Gasteiger partial charge on any atom is -0.346 e. The smallest absolute Gasteiger partial charge is 0.222 e. The summed E-state index contributed by atoms with van der Waals surface area (Å²) in [7, 11) is 1.75. The van der Waals surface area contributed by atoms with E-state index in [1.165, 1.54) is 0 Å². The van der Waals surface area contributed by atoms with Gasteiger partial charge in [0.05, 0.1) is 0 Å². The highest BCUT2D eigenvalue weighted by Gasteiger charge is 1.96. The Morgan fingerprint density at radius 2 is 2.25 bits per heavy atom. The lowest BCUT2D eigenvalue weighted by atomic mass is 10.4. The molecule has 0 rings (SSSR count). The summed E-state index contributed by atoms with van der Waals surface area (Å²) in [5.74, 6) is -0.105. The van der Waals surface area contributed by atoms with Gasteiger partial charge in [-0.15, -0.1) is 0 Å². The van der Waals surface area contributed by atoms with Crippen molar-refractivity contribution in [2.45, 2.75) is 13.3 Å². The van der Waals surface area contributed by atoms with Crippen LogP contribution in [0.3, 0.4) is 0 Å². The van der Waals surface area contributed by atoms with Crippen molar-refractivity contribution >= 4 is 5.91 Å². The molecule has 0 aliphatic rings. The van der Waals surface area contributed by atoms with Crippen LogP contribution in [0.4, 0.5) is 0 Å². The quantitative estimate of drug-likeness (QED) is 0.517. The second-order valence-corrected chi connectivity index (χ2v) is 1.82. The fourth-order valence-corrected chi connectivity index (χ4v) is 0.460. The fraction of sp³-hybridized carbons (Fsp3) is 0.667. The molecule has 0 heterocycles. The molecule has 0 aromatic heterocycles. The van der Waals surface area contributed by atoms with E-state index in [4.69, 9.17) is 0 Å². The average Bonchev–Trinajstić information content (AvgIpc) is 1.67. The van der Waals surface area contributed by atoms with Gasteiger partial charge in [-0.2, -0.15) is 0 Å². The zero-order valence-corrected chi connectivity index (χ0v) is 5.48. The summed E-state index contributed by atoms with van der Waals surface area (Å²) in [4.78, 5) is 11.9. The summed E-state index contributed by atoms with van der Waals surface area (Å²) in [6, 6.07) is 0. The van der Waals surface area contributed by atoms with Crippen LogP contribution in [-0.4, -0.2) is 24.4 Å². The Morgan fingerprint density at radius 3 is 2.38 bits per heavy atom. The number of nitrogens with zero attached hydrogens (tertiary/aromatic N) is 1. The Labute approximate surface area is 50.5 Å². The summed E-state index contributed by atoms with van der Waals surface area (Å²) < 4.78 is 0. The molecule has 0 spiro atoms. The van der Waals surface area contributed by atoms with Crippen LogP contribution in [0.1, 0.15) is 13.3 Å². The van der Waals surface area contributed by atoms with Crippen molar-refractivity contribution in [2.75, 3.05) is 13.6 Å². The maximum absolute atomic E-state index is 10.3. The van der Waals surface area contributed by atoms with Gasteiger partial charge < -0.3 is 4.90 Å². The Morgan fingerprint density at radius 1 is 1.75 bits per heavy atom. The molecule has 0 saturated heterocycles. The van der Waals surface area contributed by atoms with Crippen molar-refractivity contribution in [1.29, 1.82) is 0 Å². The van der Waals surface area contributed by atoms with Gasteiger partial charge in [-0.05, 0) is 6.42 Å². The molecule has 0 saturated carbocycles. The molecular weight excluding hydrogens is 102 g/mol. The van der Waals surface area contributed by atoms with Gasteiger partial charge >= 0.3 is 0 Å². The van der Waals surface area contributed by atoms with Crippen LogP contribution in [-0.2, 0) is 4.79 Å². The van der Waals surface area contributed by atoms with Crippen LogP contribution >= 0.6 is 0 Å². The lowest BCUT2D eigenvalue weighted by Gasteiger charge is -2.11. The summed E-state index contributed by atoms with van der Waals surface area (Å²) in [5, 5.41) is 0. The molecule has 0 aliphatic carbocycles. The van der Waals surface area contributed by atoms with Crippen LogP contribution < -0.4 is 0 Å². The van der Waals surface area contributed by atoms with Gasteiger partial charge in [0.15, 0.2) is 0 Å². The number of carbonyl (C=O) groups excluding carboxylic acids is 1. The van der Waals surface area contributed by atoms with E-state index in [0.29, 0.717) is 0 Å². The standard InChI is InChI=1S/C6H12NO/c1-4-5-7(3)6(2)8/h2,4-5H2,1,3H3. The summed E-state index contributed by atoms with van der Waals surface area (Å²) >= 11 is 0. The molecule has 0 aromatic carbocycles. The van der Waals surface area contributed by atoms with Crippen molar-refractivity contribution in [1.82, 2.24) is 4.90 Å². The van der Waals surface area contributed by atoms with E-state index in [1.54, 1.807) is 11.9 Å². The lowest BCUT2D eigenvalue weighted by Crippen LogP contribution is -2.24. The second-order valence-electron chi connectivity index (χ2n) is 1.82. The van der Waals surface area contributed by atoms with E-state index in [9.17, 15) is 4.79 Å². The Hall–Kier alpha value is -0.530. The third-order valence-electron chi connectivity index (χ3n) is 0.985. The average molecular weight is 114 g/mol. The predicted octanol–water partition coefficient (Wildman–Crippen LogP) is 0.689. The molecule has 2 nitrogen and oxygen atoms in total. The highest BCUT2D eigenvalue weighted by atomic mass is 16.2. The molecule has 47 valence electrons. The molecule has 0 fully saturated rings. The number of rotatable bonds is 2. The van der Waals surface area contributed by atoms with Crippen molar-refractivity contribution in [3.05, 3.63) is 6.92 Å². The van der Waals surface area contributed by atoms with Crippen LogP contribution in [0.5, 0.6) is 0 Å². The number of amides is 1. The molecule has 1 radical (unpaired) electrons. The molecule has 0 aliphatic heterocycles. The Balaban J connectivity index is 3.32. The lowest BCUT2D eigenvalue weighted by molar-refractivity contribution is -0.125. The van der Waals surface area contributed by atoms with Crippen LogP contribution in [0, 0.1) is 6.92 Å². The van der Waals surface area contributed by atoms with Crippen LogP contribution in [0.25, 0.3) is 0 Å². The largest absolute Gasteiger partial charge is 0.346 e. The van der Waals surface area contributed by atoms with Gasteiger partial charge in [0.1, 0.15) is 0 Å². The number of carbonyl (C=O) groups is 1. The maximum atomic E-state index is 10.3. The van der Waals surface area contributed by atoms with Crippen LogP contribution in [0.15, 0.2) is 0 Å². The van der Waals surface area contributed by atoms with Crippen molar-refractivity contribution in [2.24, 2.45) is 0 Å². The number of hydrogen-bond donors (Lipinski definition) is 0. The predicted molar refractivity (Wildman–Crippen MR) is 33.3 cm³/mol. The van der Waals surface area contributed by atoms with Gasteiger partial charge in [0, 0.05) is 20.5 Å². The Bertz CT molecular complexity index is 80.6. The van der Waals surface area contributed by atoms with Gasteiger partial charge in [-0.3, -0.25) is 4.79 Å². The first-order valence-corrected chi connectivity index (χ1v) is 2.75. The SMILES string of the molecule is [CH2]C(=O)N(C)CCC. The fourth-order valence-electron chi connectivity index (χ4n) is 0.460. The first kappa shape index (κ1) is 7.47. The van der Waals surface area contributed by atoms with Crippen molar-refractivity contribution < 1.29 is 4.79 Å². The van der Waals surface area contributed by atoms with E-state index in [1.807, 2.05) is 6.92 Å². The molecule has 0 unspecified atom stereocenters. The number of hydrogen-bond acceptors (Lipinski definition) is 1. The van der Waals surface area contributed by atoms with E-state index in [0.717, 1.165) is 13.0 Å². The summed E-state index contributed by atoms with van der Waals surface area (Å²) in [6.45, 7) is 6.08. The van der Waals surface area contributed by atoms with E-state index in [-0.39, 0.29) is 5.91 Å². The van der Waals surface area contributed by atoms with Gasteiger partial charge in [0.2, 0.25) is 5.91 Å². The summed E-state index contributed by atoms with van der Waals surface area (Å²) in [6.07, 6.45) is 0.998. The highest BCUT2D eigenvalue weighted by Crippen LogP contribution is 1.84. The van der Waals surface area contributed by atoms with E-state index >= 15 is 0 Å². The van der Waals surface area contributed by atoms with Gasteiger partial charge in [-0.25, -0.2) is 0 Å². The first-order chi connectivity index (χ1) is 3.68. The first-order valence-electron chi connectivity index (χ1n) is 2.75. The van der Waals surface area contributed by atoms with Gasteiger partial charge in [0.25, 0.3) is 0 Å². The highest BCUT2D eigenvalue weighted by molar-refractivity contribution is 5.79. The van der Waals surface area contributed by atoms with E-state index in [2.05, 4.69) is 6.92 Å². The molecule has 1 amide bonds.